The lowest BCUT2D eigenvalue weighted by Crippen LogP contribution is -2.32. The number of rotatable bonds is 1. The van der Waals surface area contributed by atoms with E-state index in [1.165, 1.54) is 32.0 Å². The number of halogens is 1. The van der Waals surface area contributed by atoms with Crippen molar-refractivity contribution in [3.8, 4) is 0 Å². The summed E-state index contributed by atoms with van der Waals surface area (Å²) >= 11 is 6.16. The van der Waals surface area contributed by atoms with Crippen LogP contribution in [0.3, 0.4) is 0 Å². The summed E-state index contributed by atoms with van der Waals surface area (Å²) in [5, 5.41) is 1.85. The fourth-order valence-electron chi connectivity index (χ4n) is 2.72. The van der Waals surface area contributed by atoms with E-state index >= 15 is 0 Å². The monoisotopic (exact) mass is 253 g/mol. The molecule has 3 rings (SSSR count). The van der Waals surface area contributed by atoms with Crippen molar-refractivity contribution in [1.82, 2.24) is 9.55 Å². The van der Waals surface area contributed by atoms with Gasteiger partial charge in [0, 0.05) is 13.0 Å². The maximum Gasteiger partial charge on any atom is 0.232 e. The van der Waals surface area contributed by atoms with Gasteiger partial charge in [-0.05, 0) is 12.8 Å². The number of nitrogens with one attached hydrogen (secondary N) is 1. The van der Waals surface area contributed by atoms with Gasteiger partial charge in [-0.2, -0.15) is 0 Å². The molecule has 1 aromatic rings. The van der Waals surface area contributed by atoms with Gasteiger partial charge in [-0.1, -0.05) is 24.4 Å². The molecule has 1 fully saturated rings. The molecule has 5 nitrogen and oxygen atoms in total. The van der Waals surface area contributed by atoms with E-state index in [1.54, 1.807) is 0 Å². The van der Waals surface area contributed by atoms with Crippen LogP contribution >= 0.6 is 11.6 Å². The Morgan fingerprint density at radius 2 is 2.24 bits per heavy atom. The van der Waals surface area contributed by atoms with Crippen molar-refractivity contribution in [2.75, 3.05) is 5.32 Å². The Kier molecular flexibility index (Phi) is 2.41. The molecule has 3 N–H and O–H groups in total. The quantitative estimate of drug-likeness (QED) is 0.593. The second-order valence-corrected chi connectivity index (χ2v) is 5.36. The molecule has 1 aliphatic heterocycles. The van der Waals surface area contributed by atoms with Crippen LogP contribution < -0.4 is 11.1 Å². The molecule has 1 unspecified atom stereocenters. The molecule has 0 aromatic carbocycles. The van der Waals surface area contributed by atoms with Gasteiger partial charge in [0.15, 0.2) is 0 Å². The number of fused-ring (bicyclic) bond motifs is 1. The zero-order chi connectivity index (χ0) is 12.0. The fourth-order valence-corrected chi connectivity index (χ4v) is 2.90. The van der Waals surface area contributed by atoms with Crippen molar-refractivity contribution < 1.29 is 0 Å². The van der Waals surface area contributed by atoms with Gasteiger partial charge in [-0.15, -0.1) is 0 Å². The number of aliphatic imine (C=N–C) groups is 1. The number of nitrogens with two attached hydrogens (primary N) is 1. The fraction of sp³-hybridized carbons (Fsp3) is 0.636. The third-order valence-electron chi connectivity index (χ3n) is 3.64. The second kappa shape index (κ2) is 3.71. The molecule has 0 bridgehead atoms. The van der Waals surface area contributed by atoms with Crippen LogP contribution in [-0.2, 0) is 12.2 Å². The molecular weight excluding hydrogens is 238 g/mol. The number of hydrogen-bond acceptors (Lipinski definition) is 4. The Hall–Kier alpha value is -1.07. The molecule has 0 saturated heterocycles. The van der Waals surface area contributed by atoms with Crippen molar-refractivity contribution in [3.63, 3.8) is 0 Å². The molecule has 6 heteroatoms. The average Bonchev–Trinajstić information content (AvgIpc) is 2.87. The van der Waals surface area contributed by atoms with Crippen LogP contribution in [0.1, 0.15) is 43.1 Å². The van der Waals surface area contributed by atoms with Crippen LogP contribution in [0.5, 0.6) is 0 Å². The summed E-state index contributed by atoms with van der Waals surface area (Å²) in [7, 11) is 2.00. The van der Waals surface area contributed by atoms with E-state index in [2.05, 4.69) is 19.9 Å². The molecule has 1 saturated carbocycles. The Morgan fingerprint density at radius 3 is 2.88 bits per heavy atom. The van der Waals surface area contributed by atoms with Crippen molar-refractivity contribution >= 4 is 23.8 Å². The zero-order valence-corrected chi connectivity index (χ0v) is 10.5. The van der Waals surface area contributed by atoms with Crippen molar-refractivity contribution in [3.05, 3.63) is 11.5 Å². The normalized spacial score (nSPS) is 28.2. The summed E-state index contributed by atoms with van der Waals surface area (Å²) in [5.41, 5.74) is 6.55. The van der Waals surface area contributed by atoms with Gasteiger partial charge in [0.05, 0.1) is 6.34 Å². The predicted molar refractivity (Wildman–Crippen MR) is 68.3 cm³/mol. The molecule has 0 amide bonds. The lowest BCUT2D eigenvalue weighted by atomic mass is 10.1. The number of nitrogens with zero attached hydrogens (tertiary/aromatic N) is 3. The first kappa shape index (κ1) is 11.0. The maximum atomic E-state index is 6.16. The van der Waals surface area contributed by atoms with E-state index in [4.69, 9.17) is 17.3 Å². The minimum absolute atomic E-state index is 0.528. The standard InChI is InChI=1S/C11H16ClN5/c1-17-9(7-4-2-3-5-7)16-8-10(17)14-6-15-11(8,12)13/h6-7H,2-5,13H2,1H3,(H,14,15). The summed E-state index contributed by atoms with van der Waals surface area (Å²) in [5.74, 6) is 2.46. The Morgan fingerprint density at radius 1 is 1.53 bits per heavy atom. The van der Waals surface area contributed by atoms with Crippen LogP contribution in [0.2, 0.25) is 0 Å². The first-order chi connectivity index (χ1) is 8.09. The summed E-state index contributed by atoms with van der Waals surface area (Å²) < 4.78 is 2.06. The van der Waals surface area contributed by atoms with Gasteiger partial charge >= 0.3 is 0 Å². The third-order valence-corrected chi connectivity index (χ3v) is 3.91. The van der Waals surface area contributed by atoms with Crippen molar-refractivity contribution in [2.45, 2.75) is 36.7 Å². The first-order valence-electron chi connectivity index (χ1n) is 5.94. The second-order valence-electron chi connectivity index (χ2n) is 4.78. The number of imidazole rings is 1. The number of anilines is 1. The summed E-state index contributed by atoms with van der Waals surface area (Å²) in [6.07, 6.45) is 6.49. The van der Waals surface area contributed by atoms with Crippen LogP contribution in [0.25, 0.3) is 0 Å². The molecule has 1 aliphatic carbocycles. The SMILES string of the molecule is Cn1c(C2CCCC2)nc2c1NC=NC2(N)Cl. The topological polar surface area (TPSA) is 68.2 Å². The highest BCUT2D eigenvalue weighted by atomic mass is 35.5. The molecule has 17 heavy (non-hydrogen) atoms. The number of hydrogen-bond donors (Lipinski definition) is 2. The van der Waals surface area contributed by atoms with Crippen molar-refractivity contribution in [2.24, 2.45) is 17.8 Å². The Balaban J connectivity index is 2.06. The van der Waals surface area contributed by atoms with Gasteiger partial charge in [0.25, 0.3) is 0 Å². The van der Waals surface area contributed by atoms with Gasteiger partial charge in [-0.25, -0.2) is 9.98 Å². The van der Waals surface area contributed by atoms with Crippen LogP contribution in [0.4, 0.5) is 5.82 Å². The minimum atomic E-state index is -1.23. The van der Waals surface area contributed by atoms with Crippen molar-refractivity contribution in [1.29, 1.82) is 0 Å². The summed E-state index contributed by atoms with van der Waals surface area (Å²) in [4.78, 5) is 8.63. The van der Waals surface area contributed by atoms with E-state index in [1.807, 2.05) is 7.05 Å². The highest BCUT2D eigenvalue weighted by molar-refractivity contribution is 6.24. The van der Waals surface area contributed by atoms with Crippen LogP contribution in [0.15, 0.2) is 4.99 Å². The molecule has 2 heterocycles. The number of alkyl halides is 1. The lowest BCUT2D eigenvalue weighted by molar-refractivity contribution is 0.625. The Bertz CT molecular complexity index is 470. The predicted octanol–water partition coefficient (Wildman–Crippen LogP) is 1.84. The van der Waals surface area contributed by atoms with Gasteiger partial charge in [0.2, 0.25) is 5.12 Å². The molecular formula is C11H16ClN5. The van der Waals surface area contributed by atoms with Gasteiger partial charge < -0.3 is 9.88 Å². The van der Waals surface area contributed by atoms with E-state index in [0.717, 1.165) is 11.6 Å². The van der Waals surface area contributed by atoms with E-state index in [9.17, 15) is 0 Å². The number of aromatic nitrogens is 2. The molecule has 92 valence electrons. The third kappa shape index (κ3) is 1.65. The van der Waals surface area contributed by atoms with E-state index in [0.29, 0.717) is 11.6 Å². The lowest BCUT2D eigenvalue weighted by Gasteiger charge is -2.20. The average molecular weight is 254 g/mol. The molecule has 0 spiro atoms. The summed E-state index contributed by atoms with van der Waals surface area (Å²) in [6.45, 7) is 0. The maximum absolute atomic E-state index is 6.16. The van der Waals surface area contributed by atoms with E-state index < -0.39 is 5.12 Å². The Labute approximate surface area is 105 Å². The summed E-state index contributed by atoms with van der Waals surface area (Å²) in [6, 6.07) is 0. The highest BCUT2D eigenvalue weighted by Gasteiger charge is 2.35. The first-order valence-corrected chi connectivity index (χ1v) is 6.32. The highest BCUT2D eigenvalue weighted by Crippen LogP contribution is 2.39. The minimum Gasteiger partial charge on any atom is -0.331 e. The zero-order valence-electron chi connectivity index (χ0n) is 9.78. The largest absolute Gasteiger partial charge is 0.331 e. The molecule has 1 atom stereocenters. The van der Waals surface area contributed by atoms with E-state index in [-0.39, 0.29) is 0 Å². The molecule has 0 radical (unpaired) electrons. The van der Waals surface area contributed by atoms with Crippen LogP contribution in [-0.4, -0.2) is 15.9 Å². The molecule has 1 aromatic heterocycles. The van der Waals surface area contributed by atoms with Gasteiger partial charge in [-0.3, -0.25) is 5.73 Å². The smallest absolute Gasteiger partial charge is 0.232 e. The van der Waals surface area contributed by atoms with Gasteiger partial charge in [0.1, 0.15) is 17.3 Å². The molecule has 2 aliphatic rings. The van der Waals surface area contributed by atoms with Crippen LogP contribution in [0, 0.1) is 0 Å².